The Morgan fingerprint density at radius 3 is 2.22 bits per heavy atom. The Bertz CT molecular complexity index is 1630. The number of aryl methyl sites for hydroxylation is 1. The molecule has 2 saturated carbocycles. The van der Waals surface area contributed by atoms with E-state index in [1.807, 2.05) is 0 Å². The lowest BCUT2D eigenvalue weighted by Gasteiger charge is -2.29. The highest BCUT2D eigenvalue weighted by Gasteiger charge is 2.54. The summed E-state index contributed by atoms with van der Waals surface area (Å²) in [5.74, 6) is -2.05. The number of halogens is 5. The molecule has 2 unspecified atom stereocenters. The van der Waals surface area contributed by atoms with Crippen LogP contribution in [0.4, 0.5) is 33.9 Å². The summed E-state index contributed by atoms with van der Waals surface area (Å²) in [4.78, 5) is 25.3. The van der Waals surface area contributed by atoms with Gasteiger partial charge in [-0.2, -0.15) is 18.3 Å². The number of fused-ring (bicyclic) bond motifs is 1. The number of hydrogen-bond acceptors (Lipinski definition) is 13. The van der Waals surface area contributed by atoms with Gasteiger partial charge >= 0.3 is 12.3 Å². The molecule has 4 rings (SSSR count). The maximum Gasteiger partial charge on any atom is 0.510 e. The Morgan fingerprint density at radius 1 is 1.06 bits per heavy atom. The van der Waals surface area contributed by atoms with Crippen LogP contribution in [0.15, 0.2) is 30.0 Å². The first kappa shape index (κ1) is 42.7. The molecular formula is C34H45ClF4N6O9. The Kier molecular flexibility index (Phi) is 15.5. The molecule has 0 spiro atoms. The molecule has 0 bridgehead atoms. The number of nitrogens with two attached hydrogens (primary N) is 1. The van der Waals surface area contributed by atoms with Crippen LogP contribution in [-0.2, 0) is 35.5 Å². The van der Waals surface area contributed by atoms with Gasteiger partial charge in [-0.1, -0.05) is 11.6 Å². The second kappa shape index (κ2) is 19.5. The van der Waals surface area contributed by atoms with Crippen LogP contribution in [0.5, 0.6) is 0 Å². The van der Waals surface area contributed by atoms with E-state index in [0.717, 1.165) is 12.3 Å². The third kappa shape index (κ3) is 11.5. The van der Waals surface area contributed by atoms with Gasteiger partial charge in [0.05, 0.1) is 62.6 Å². The molecule has 2 aliphatic carbocycles. The summed E-state index contributed by atoms with van der Waals surface area (Å²) in [5.41, 5.74) is 2.47. The molecule has 2 atom stereocenters. The lowest BCUT2D eigenvalue weighted by molar-refractivity contribution is -0.0614. The van der Waals surface area contributed by atoms with Crippen LogP contribution in [0.25, 0.3) is 0 Å². The number of methoxy groups -OCH3 is 1. The fourth-order valence-corrected chi connectivity index (χ4v) is 6.88. The molecule has 1 amide bonds. The van der Waals surface area contributed by atoms with Crippen LogP contribution >= 0.6 is 11.6 Å². The Balaban J connectivity index is 1.28. The van der Waals surface area contributed by atoms with Crippen LogP contribution in [0, 0.1) is 23.1 Å². The van der Waals surface area contributed by atoms with Gasteiger partial charge in [-0.25, -0.2) is 9.18 Å². The summed E-state index contributed by atoms with van der Waals surface area (Å²) in [6.07, 6.45) is -4.81. The van der Waals surface area contributed by atoms with Crippen molar-refractivity contribution in [3.05, 3.63) is 52.1 Å². The second-order valence-electron chi connectivity index (χ2n) is 12.8. The van der Waals surface area contributed by atoms with E-state index < -0.39 is 47.7 Å². The molecule has 2 aliphatic rings. The molecule has 1 aromatic carbocycles. The zero-order valence-electron chi connectivity index (χ0n) is 29.8. The average molecular weight is 793 g/mol. The maximum atomic E-state index is 13.8. The molecule has 0 aliphatic heterocycles. The topological polar surface area (TPSA) is 202 Å². The standard InChI is InChI=1S/C34H45ClF4N6O9/c1-45-30(41)27(31(46)43-23-3-4-26(36)25(35)15-23)28(44-45)20-13-21-16-33(48,17-22(21)14-20)24(29(40)34(37,38)39)18-42-19-54-32(47)53-12-11-52-10-9-51-8-7-50-6-5-49-2/h3-4,15,18,20-22,40,42,48H,5-14,16-17,19,41H2,1-2H3,(H,43,46)/b24-18+,40-29?. The van der Waals surface area contributed by atoms with Gasteiger partial charge in [0.15, 0.2) is 6.73 Å². The molecule has 0 saturated heterocycles. The van der Waals surface area contributed by atoms with Gasteiger partial charge < -0.3 is 49.9 Å². The SMILES string of the molecule is COCCOCCOCCOCCOC(=O)OCN/C=C(\C(=N)C(F)(F)F)C1(O)CC2CC(c3nn(C)c(N)c3C(=O)Nc3ccc(F)c(Cl)c3)CC2C1. The van der Waals surface area contributed by atoms with Crippen LogP contribution in [0.1, 0.15) is 47.7 Å². The second-order valence-corrected chi connectivity index (χ2v) is 13.2. The largest absolute Gasteiger partial charge is 0.510 e. The van der Waals surface area contributed by atoms with E-state index >= 15 is 0 Å². The van der Waals surface area contributed by atoms with E-state index in [4.69, 9.17) is 51.2 Å². The van der Waals surface area contributed by atoms with Gasteiger partial charge in [0.25, 0.3) is 5.91 Å². The Morgan fingerprint density at radius 2 is 1.65 bits per heavy atom. The number of carbonyl (C=O) groups is 2. The molecule has 2 aromatic rings. The Hall–Kier alpha value is -4.01. The number of aromatic nitrogens is 2. The van der Waals surface area contributed by atoms with Crippen LogP contribution < -0.4 is 16.4 Å². The summed E-state index contributed by atoms with van der Waals surface area (Å²) in [7, 11) is 3.14. The van der Waals surface area contributed by atoms with Crippen molar-refractivity contribution in [2.45, 2.75) is 43.4 Å². The van der Waals surface area contributed by atoms with Gasteiger partial charge in [-0.15, -0.1) is 0 Å². The molecule has 2 fully saturated rings. The summed E-state index contributed by atoms with van der Waals surface area (Å²) in [5, 5.41) is 28.8. The monoisotopic (exact) mass is 792 g/mol. The summed E-state index contributed by atoms with van der Waals surface area (Å²) in [6, 6.07) is 3.69. The first-order valence-electron chi connectivity index (χ1n) is 17.1. The number of amides is 1. The number of carbonyl (C=O) groups excluding carboxylic acids is 2. The summed E-state index contributed by atoms with van der Waals surface area (Å²) in [6.45, 7) is 1.59. The highest BCUT2D eigenvalue weighted by molar-refractivity contribution is 6.31. The molecule has 1 aromatic heterocycles. The fourth-order valence-electron chi connectivity index (χ4n) is 6.70. The smallest absolute Gasteiger partial charge is 0.432 e. The number of ether oxygens (including phenoxy) is 6. The Labute approximate surface area is 313 Å². The first-order chi connectivity index (χ1) is 25.6. The minimum Gasteiger partial charge on any atom is -0.432 e. The maximum absolute atomic E-state index is 13.8. The highest BCUT2D eigenvalue weighted by atomic mass is 35.5. The average Bonchev–Trinajstić information content (AvgIpc) is 3.74. The molecular weight excluding hydrogens is 748 g/mol. The molecule has 54 heavy (non-hydrogen) atoms. The van der Waals surface area contributed by atoms with Crippen molar-refractivity contribution in [1.29, 1.82) is 5.41 Å². The number of alkyl halides is 3. The number of nitrogens with zero attached hydrogens (tertiary/aromatic N) is 2. The number of nitrogen functional groups attached to an aromatic ring is 1. The van der Waals surface area contributed by atoms with E-state index in [9.17, 15) is 32.3 Å². The van der Waals surface area contributed by atoms with E-state index in [0.29, 0.717) is 51.6 Å². The van der Waals surface area contributed by atoms with Gasteiger partial charge in [0.1, 0.15) is 29.5 Å². The predicted molar refractivity (Wildman–Crippen MR) is 187 cm³/mol. The minimum absolute atomic E-state index is 0.0484. The molecule has 0 radical (unpaired) electrons. The number of benzene rings is 1. The van der Waals surface area contributed by atoms with E-state index in [1.54, 1.807) is 14.2 Å². The lowest BCUT2D eigenvalue weighted by atomic mass is 9.84. The van der Waals surface area contributed by atoms with E-state index in [-0.39, 0.29) is 72.5 Å². The van der Waals surface area contributed by atoms with Gasteiger partial charge in [-0.3, -0.25) is 14.9 Å². The number of nitrogens with one attached hydrogen (secondary N) is 3. The van der Waals surface area contributed by atoms with Crippen LogP contribution in [0.3, 0.4) is 0 Å². The highest BCUT2D eigenvalue weighted by Crippen LogP contribution is 2.56. The van der Waals surface area contributed by atoms with E-state index in [2.05, 4.69) is 15.7 Å². The zero-order valence-corrected chi connectivity index (χ0v) is 30.6. The first-order valence-corrected chi connectivity index (χ1v) is 17.4. The molecule has 6 N–H and O–H groups in total. The van der Waals surface area contributed by atoms with E-state index in [1.165, 1.54) is 16.8 Å². The molecule has 300 valence electrons. The van der Waals surface area contributed by atoms with Crippen molar-refractivity contribution >= 4 is 40.9 Å². The third-order valence-electron chi connectivity index (χ3n) is 9.15. The van der Waals surface area contributed by atoms with Gasteiger partial charge in [0, 0.05) is 37.5 Å². The number of aliphatic hydroxyl groups is 1. The van der Waals surface area contributed by atoms with Crippen molar-refractivity contribution in [1.82, 2.24) is 15.1 Å². The predicted octanol–water partition coefficient (Wildman–Crippen LogP) is 4.54. The van der Waals surface area contributed by atoms with Crippen molar-refractivity contribution in [2.75, 3.05) is 77.7 Å². The third-order valence-corrected chi connectivity index (χ3v) is 9.44. The molecule has 20 heteroatoms. The number of anilines is 2. The quantitative estimate of drug-likeness (QED) is 0.0413. The van der Waals surface area contributed by atoms with Crippen molar-refractivity contribution < 1.29 is 60.7 Å². The minimum atomic E-state index is -5.07. The number of hydrogen-bond donors (Lipinski definition) is 5. The number of rotatable bonds is 20. The van der Waals surface area contributed by atoms with Crippen molar-refractivity contribution in [2.24, 2.45) is 18.9 Å². The van der Waals surface area contributed by atoms with Crippen molar-refractivity contribution in [3.63, 3.8) is 0 Å². The lowest BCUT2D eigenvalue weighted by Crippen LogP contribution is -2.39. The molecule has 15 nitrogen and oxygen atoms in total. The normalized spacial score (nSPS) is 21.2. The molecule has 1 heterocycles. The zero-order chi connectivity index (χ0) is 39.5. The van der Waals surface area contributed by atoms with Crippen LogP contribution in [0.2, 0.25) is 5.02 Å². The summed E-state index contributed by atoms with van der Waals surface area (Å²) < 4.78 is 86.9. The summed E-state index contributed by atoms with van der Waals surface area (Å²) >= 11 is 5.85. The van der Waals surface area contributed by atoms with Crippen molar-refractivity contribution in [3.8, 4) is 0 Å². The van der Waals surface area contributed by atoms with Gasteiger partial charge in [-0.05, 0) is 55.7 Å². The van der Waals surface area contributed by atoms with Gasteiger partial charge in [0.2, 0.25) is 0 Å². The van der Waals surface area contributed by atoms with Crippen LogP contribution in [-0.4, -0.2) is 111 Å². The fraction of sp³-hybridized carbons (Fsp3) is 0.588.